The van der Waals surface area contributed by atoms with Crippen molar-refractivity contribution in [2.45, 2.75) is 244 Å². The summed E-state index contributed by atoms with van der Waals surface area (Å²) in [4.78, 5) is 12.4. The molecule has 0 radical (unpaired) electrons. The van der Waals surface area contributed by atoms with Crippen LogP contribution in [0.4, 0.5) is 0 Å². The lowest BCUT2D eigenvalue weighted by molar-refractivity contribution is -0.123. The number of hydrogen-bond donors (Lipinski definition) is 3. The van der Waals surface area contributed by atoms with Crippen molar-refractivity contribution in [3.63, 3.8) is 0 Å². The van der Waals surface area contributed by atoms with E-state index in [2.05, 4.69) is 55.6 Å². The molecule has 304 valence electrons. The molecule has 0 heterocycles. The van der Waals surface area contributed by atoms with Gasteiger partial charge in [-0.1, -0.05) is 217 Å². The predicted molar refractivity (Wildman–Crippen MR) is 230 cm³/mol. The van der Waals surface area contributed by atoms with E-state index in [0.29, 0.717) is 6.42 Å². The van der Waals surface area contributed by atoms with Crippen LogP contribution in [0.15, 0.2) is 48.6 Å². The lowest BCUT2D eigenvalue weighted by atomic mass is 10.0. The summed E-state index contributed by atoms with van der Waals surface area (Å²) in [6, 6.07) is -0.630. The van der Waals surface area contributed by atoms with Crippen LogP contribution in [-0.4, -0.2) is 34.9 Å². The fraction of sp³-hybridized carbons (Fsp3) is 0.812. The van der Waals surface area contributed by atoms with Crippen molar-refractivity contribution in [3.8, 4) is 0 Å². The average molecular weight is 728 g/mol. The highest BCUT2D eigenvalue weighted by Gasteiger charge is 2.17. The summed E-state index contributed by atoms with van der Waals surface area (Å²) in [7, 11) is 0. The second-order valence-corrected chi connectivity index (χ2v) is 15.5. The average Bonchev–Trinajstić information content (AvgIpc) is 3.15. The zero-order valence-electron chi connectivity index (χ0n) is 34.8. The molecule has 0 rings (SSSR count). The molecule has 52 heavy (non-hydrogen) atoms. The third kappa shape index (κ3) is 39.6. The number of aliphatic hydroxyl groups excluding tert-OH is 2. The second kappa shape index (κ2) is 43.8. The maximum Gasteiger partial charge on any atom is 0.220 e. The number of carbonyl (C=O) groups is 1. The maximum absolute atomic E-state index is 12.4. The van der Waals surface area contributed by atoms with Gasteiger partial charge in [0.1, 0.15) is 0 Å². The Morgan fingerprint density at radius 3 is 1.21 bits per heavy atom. The van der Waals surface area contributed by atoms with Gasteiger partial charge in [-0.25, -0.2) is 0 Å². The normalized spacial score (nSPS) is 13.4. The van der Waals surface area contributed by atoms with Crippen LogP contribution < -0.4 is 5.32 Å². The SMILES string of the molecule is CCCCC/C=C\C/C=C\C/C=C\CCCCCCCCC(=O)NC(CO)C(O)/C=C/CCCCCCCCCCCCCCCCCCCCC. The van der Waals surface area contributed by atoms with E-state index in [1.54, 1.807) is 6.08 Å². The van der Waals surface area contributed by atoms with E-state index in [0.717, 1.165) is 51.4 Å². The van der Waals surface area contributed by atoms with Crippen LogP contribution >= 0.6 is 0 Å². The molecule has 0 saturated carbocycles. The Hall–Kier alpha value is -1.65. The third-order valence-corrected chi connectivity index (χ3v) is 10.3. The number of nitrogens with one attached hydrogen (secondary N) is 1. The van der Waals surface area contributed by atoms with Gasteiger partial charge in [0.15, 0.2) is 0 Å². The van der Waals surface area contributed by atoms with Crippen LogP contribution in [-0.2, 0) is 4.79 Å². The highest BCUT2D eigenvalue weighted by Crippen LogP contribution is 2.15. The van der Waals surface area contributed by atoms with Crippen molar-refractivity contribution >= 4 is 5.91 Å². The molecule has 0 aliphatic heterocycles. The minimum absolute atomic E-state index is 0.0764. The molecule has 0 aliphatic carbocycles. The maximum atomic E-state index is 12.4. The van der Waals surface area contributed by atoms with Gasteiger partial charge >= 0.3 is 0 Å². The summed E-state index contributed by atoms with van der Waals surface area (Å²) in [6.45, 7) is 4.28. The highest BCUT2D eigenvalue weighted by atomic mass is 16.3. The van der Waals surface area contributed by atoms with Crippen molar-refractivity contribution in [1.82, 2.24) is 5.32 Å². The Kier molecular flexibility index (Phi) is 42.4. The molecule has 0 aromatic heterocycles. The number of unbranched alkanes of at least 4 members (excludes halogenated alkanes) is 28. The third-order valence-electron chi connectivity index (χ3n) is 10.3. The fourth-order valence-electron chi connectivity index (χ4n) is 6.77. The smallest absolute Gasteiger partial charge is 0.220 e. The van der Waals surface area contributed by atoms with Crippen LogP contribution in [0.1, 0.15) is 232 Å². The first-order valence-electron chi connectivity index (χ1n) is 22.9. The van der Waals surface area contributed by atoms with Crippen LogP contribution in [0.25, 0.3) is 0 Å². The number of carbonyl (C=O) groups excluding carboxylic acids is 1. The van der Waals surface area contributed by atoms with Gasteiger partial charge in [0.05, 0.1) is 18.8 Å². The zero-order valence-corrected chi connectivity index (χ0v) is 34.8. The largest absolute Gasteiger partial charge is 0.394 e. The van der Waals surface area contributed by atoms with Crippen LogP contribution in [0.5, 0.6) is 0 Å². The topological polar surface area (TPSA) is 69.6 Å². The summed E-state index contributed by atoms with van der Waals surface area (Å²) in [5.41, 5.74) is 0. The molecular weight excluding hydrogens is 639 g/mol. The molecule has 0 saturated heterocycles. The second-order valence-electron chi connectivity index (χ2n) is 15.5. The molecule has 1 amide bonds. The van der Waals surface area contributed by atoms with E-state index < -0.39 is 12.1 Å². The molecule has 3 N–H and O–H groups in total. The van der Waals surface area contributed by atoms with Crippen molar-refractivity contribution < 1.29 is 15.0 Å². The van der Waals surface area contributed by atoms with Gasteiger partial charge < -0.3 is 15.5 Å². The molecule has 0 bridgehead atoms. The Balaban J connectivity index is 3.59. The minimum Gasteiger partial charge on any atom is -0.394 e. The van der Waals surface area contributed by atoms with Gasteiger partial charge in [-0.15, -0.1) is 0 Å². The van der Waals surface area contributed by atoms with Crippen molar-refractivity contribution in [3.05, 3.63) is 48.6 Å². The first-order chi connectivity index (χ1) is 25.7. The van der Waals surface area contributed by atoms with E-state index in [1.165, 1.54) is 161 Å². The molecular formula is C48H89NO3. The Morgan fingerprint density at radius 1 is 0.462 bits per heavy atom. The highest BCUT2D eigenvalue weighted by molar-refractivity contribution is 5.76. The molecule has 2 atom stereocenters. The van der Waals surface area contributed by atoms with E-state index in [9.17, 15) is 15.0 Å². The Morgan fingerprint density at radius 2 is 0.788 bits per heavy atom. The summed E-state index contributed by atoms with van der Waals surface area (Å²) >= 11 is 0. The molecule has 4 heteroatoms. The van der Waals surface area contributed by atoms with Crippen LogP contribution in [0, 0.1) is 0 Å². The number of amides is 1. The predicted octanol–water partition coefficient (Wildman–Crippen LogP) is 14.4. The van der Waals surface area contributed by atoms with E-state index >= 15 is 0 Å². The van der Waals surface area contributed by atoms with Gasteiger partial charge in [-0.3, -0.25) is 4.79 Å². The van der Waals surface area contributed by atoms with Gasteiger partial charge in [0.25, 0.3) is 0 Å². The van der Waals surface area contributed by atoms with Gasteiger partial charge in [0.2, 0.25) is 5.91 Å². The van der Waals surface area contributed by atoms with Crippen LogP contribution in [0.3, 0.4) is 0 Å². The Bertz CT molecular complexity index is 831. The van der Waals surface area contributed by atoms with Crippen molar-refractivity contribution in [2.75, 3.05) is 6.61 Å². The number of aliphatic hydroxyl groups is 2. The van der Waals surface area contributed by atoms with Crippen LogP contribution in [0.2, 0.25) is 0 Å². The number of allylic oxidation sites excluding steroid dienone is 7. The lowest BCUT2D eigenvalue weighted by Crippen LogP contribution is -2.45. The molecule has 0 aromatic rings. The van der Waals surface area contributed by atoms with Gasteiger partial charge in [-0.05, 0) is 57.8 Å². The molecule has 0 fully saturated rings. The molecule has 0 spiro atoms. The summed E-state index contributed by atoms with van der Waals surface area (Å²) in [6.07, 6.45) is 59.3. The summed E-state index contributed by atoms with van der Waals surface area (Å²) in [5.74, 6) is -0.0764. The van der Waals surface area contributed by atoms with Gasteiger partial charge in [-0.2, -0.15) is 0 Å². The first-order valence-corrected chi connectivity index (χ1v) is 22.9. The summed E-state index contributed by atoms with van der Waals surface area (Å²) < 4.78 is 0. The molecule has 2 unspecified atom stereocenters. The molecule has 0 aromatic carbocycles. The van der Waals surface area contributed by atoms with Crippen molar-refractivity contribution in [1.29, 1.82) is 0 Å². The van der Waals surface area contributed by atoms with E-state index in [4.69, 9.17) is 0 Å². The summed E-state index contributed by atoms with van der Waals surface area (Å²) in [5, 5.41) is 23.0. The fourth-order valence-corrected chi connectivity index (χ4v) is 6.77. The minimum atomic E-state index is -0.846. The quantitative estimate of drug-likeness (QED) is 0.0434. The molecule has 0 aliphatic rings. The monoisotopic (exact) mass is 728 g/mol. The number of hydrogen-bond acceptors (Lipinski definition) is 3. The Labute approximate surface area is 324 Å². The zero-order chi connectivity index (χ0) is 37.8. The molecule has 4 nitrogen and oxygen atoms in total. The van der Waals surface area contributed by atoms with Crippen molar-refractivity contribution in [2.24, 2.45) is 0 Å². The van der Waals surface area contributed by atoms with Gasteiger partial charge in [0, 0.05) is 6.42 Å². The number of rotatable bonds is 41. The standard InChI is InChI=1S/C48H89NO3/c1-3-5-7-9-11-13-15-17-19-21-23-24-26-27-29-31-33-35-37-39-41-43-47(51)46(45-50)49-48(52)44-42-40-38-36-34-32-30-28-25-22-20-18-16-14-12-10-8-6-4-2/h12,14,18,20,25,28,41,43,46-47,50-51H,3-11,13,15-17,19,21-24,26-27,29-40,42,44-45H2,1-2H3,(H,49,52)/b14-12-,20-18-,28-25-,43-41+. The van der Waals surface area contributed by atoms with E-state index in [-0.39, 0.29) is 12.5 Å². The first kappa shape index (κ1) is 50.4. The van der Waals surface area contributed by atoms with E-state index in [1.807, 2.05) is 6.08 Å². The lowest BCUT2D eigenvalue weighted by Gasteiger charge is -2.20.